The smallest absolute Gasteiger partial charge is 0.242 e. The van der Waals surface area contributed by atoms with Crippen molar-refractivity contribution in [1.82, 2.24) is 9.71 Å². The number of hydrogen-bond acceptors (Lipinski definition) is 4. The lowest BCUT2D eigenvalue weighted by atomic mass is 10.0. The molecular weight excluding hydrogens is 334 g/mol. The van der Waals surface area contributed by atoms with Crippen LogP contribution in [0.3, 0.4) is 0 Å². The molecular formula is C19H15N3O2S. The lowest BCUT2D eigenvalue weighted by Gasteiger charge is -2.19. The van der Waals surface area contributed by atoms with Gasteiger partial charge in [0.2, 0.25) is 10.0 Å². The van der Waals surface area contributed by atoms with Gasteiger partial charge >= 0.3 is 0 Å². The first-order valence-corrected chi connectivity index (χ1v) is 9.07. The molecule has 1 heterocycles. The summed E-state index contributed by atoms with van der Waals surface area (Å²) < 4.78 is 28.4. The third-order valence-electron chi connectivity index (χ3n) is 3.69. The van der Waals surface area contributed by atoms with Gasteiger partial charge < -0.3 is 0 Å². The molecule has 0 aliphatic carbocycles. The summed E-state index contributed by atoms with van der Waals surface area (Å²) >= 11 is 0. The number of nitrogens with zero attached hydrogens (tertiary/aromatic N) is 2. The Hall–Kier alpha value is -3.01. The van der Waals surface area contributed by atoms with Gasteiger partial charge in [-0.15, -0.1) is 0 Å². The van der Waals surface area contributed by atoms with E-state index in [0.29, 0.717) is 5.69 Å². The van der Waals surface area contributed by atoms with Gasteiger partial charge in [0, 0.05) is 6.20 Å². The zero-order chi connectivity index (χ0) is 17.7. The molecule has 1 unspecified atom stereocenters. The van der Waals surface area contributed by atoms with E-state index in [1.807, 2.05) is 36.4 Å². The van der Waals surface area contributed by atoms with Gasteiger partial charge in [0.1, 0.15) is 6.07 Å². The second-order valence-corrected chi connectivity index (χ2v) is 7.01. The van der Waals surface area contributed by atoms with Gasteiger partial charge in [0.05, 0.1) is 22.2 Å². The van der Waals surface area contributed by atoms with E-state index in [0.717, 1.165) is 5.56 Å². The molecule has 0 radical (unpaired) electrons. The van der Waals surface area contributed by atoms with Gasteiger partial charge in [-0.3, -0.25) is 4.98 Å². The van der Waals surface area contributed by atoms with Gasteiger partial charge in [0.15, 0.2) is 0 Å². The molecule has 25 heavy (non-hydrogen) atoms. The maximum absolute atomic E-state index is 12.9. The Morgan fingerprint density at radius 3 is 2.28 bits per heavy atom. The summed E-state index contributed by atoms with van der Waals surface area (Å²) in [7, 11) is -3.91. The Kier molecular flexibility index (Phi) is 4.89. The quantitative estimate of drug-likeness (QED) is 0.767. The van der Waals surface area contributed by atoms with E-state index in [-0.39, 0.29) is 10.5 Å². The number of aromatic nitrogens is 1. The van der Waals surface area contributed by atoms with E-state index in [9.17, 15) is 13.7 Å². The molecule has 0 amide bonds. The number of rotatable bonds is 5. The summed E-state index contributed by atoms with van der Waals surface area (Å²) in [6.07, 6.45) is 1.61. The van der Waals surface area contributed by atoms with Gasteiger partial charge in [-0.2, -0.15) is 9.98 Å². The minimum absolute atomic E-state index is 0.0469. The fourth-order valence-corrected chi connectivity index (χ4v) is 3.86. The van der Waals surface area contributed by atoms with Crippen LogP contribution in [-0.2, 0) is 10.0 Å². The van der Waals surface area contributed by atoms with E-state index in [1.165, 1.54) is 12.1 Å². The highest BCUT2D eigenvalue weighted by Gasteiger charge is 2.25. The van der Waals surface area contributed by atoms with Crippen LogP contribution in [0.25, 0.3) is 0 Å². The molecule has 5 nitrogen and oxygen atoms in total. The molecule has 2 aromatic carbocycles. The SMILES string of the molecule is N#Cc1ccccc1S(=O)(=O)NC(c1ccccc1)c1ccccn1. The van der Waals surface area contributed by atoms with Crippen molar-refractivity contribution in [2.24, 2.45) is 0 Å². The highest BCUT2D eigenvalue weighted by atomic mass is 32.2. The molecule has 0 saturated carbocycles. The molecule has 0 bridgehead atoms. The molecule has 6 heteroatoms. The molecule has 1 atom stereocenters. The molecule has 0 aliphatic rings. The number of pyridine rings is 1. The molecule has 124 valence electrons. The van der Waals surface area contributed by atoms with Gasteiger partial charge in [-0.25, -0.2) is 8.42 Å². The highest BCUT2D eigenvalue weighted by molar-refractivity contribution is 7.89. The summed E-state index contributed by atoms with van der Waals surface area (Å²) in [4.78, 5) is 4.24. The summed E-state index contributed by atoms with van der Waals surface area (Å²) in [5.74, 6) is 0. The third kappa shape index (κ3) is 3.74. The number of nitrogens with one attached hydrogen (secondary N) is 1. The topological polar surface area (TPSA) is 82.8 Å². The van der Waals surface area contributed by atoms with Crippen LogP contribution in [0.5, 0.6) is 0 Å². The van der Waals surface area contributed by atoms with E-state index in [2.05, 4.69) is 9.71 Å². The van der Waals surface area contributed by atoms with Crippen LogP contribution in [0.15, 0.2) is 83.9 Å². The molecule has 1 aromatic heterocycles. The minimum Gasteiger partial charge on any atom is -0.259 e. The number of nitriles is 1. The molecule has 0 saturated heterocycles. The van der Waals surface area contributed by atoms with E-state index >= 15 is 0 Å². The lowest BCUT2D eigenvalue weighted by Crippen LogP contribution is -2.30. The number of benzene rings is 2. The van der Waals surface area contributed by atoms with Crippen LogP contribution >= 0.6 is 0 Å². The second-order valence-electron chi connectivity index (χ2n) is 5.33. The fraction of sp³-hybridized carbons (Fsp3) is 0.0526. The largest absolute Gasteiger partial charge is 0.259 e. The summed E-state index contributed by atoms with van der Waals surface area (Å²) in [5.41, 5.74) is 1.44. The first-order valence-electron chi connectivity index (χ1n) is 7.59. The van der Waals surface area contributed by atoms with Crippen LogP contribution in [0.4, 0.5) is 0 Å². The van der Waals surface area contributed by atoms with Crippen LogP contribution in [0, 0.1) is 11.3 Å². The van der Waals surface area contributed by atoms with Crippen molar-refractivity contribution in [2.45, 2.75) is 10.9 Å². The van der Waals surface area contributed by atoms with Crippen molar-refractivity contribution in [1.29, 1.82) is 5.26 Å². The Morgan fingerprint density at radius 1 is 0.920 bits per heavy atom. The first kappa shape index (κ1) is 16.8. The highest BCUT2D eigenvalue weighted by Crippen LogP contribution is 2.24. The Bertz CT molecular complexity index is 958. The van der Waals surface area contributed by atoms with Gasteiger partial charge in [-0.1, -0.05) is 48.5 Å². The maximum atomic E-state index is 12.9. The summed E-state index contributed by atoms with van der Waals surface area (Å²) in [5, 5.41) is 9.20. The van der Waals surface area contributed by atoms with Crippen molar-refractivity contribution >= 4 is 10.0 Å². The third-order valence-corrected chi connectivity index (χ3v) is 5.17. The predicted octanol–water partition coefficient (Wildman–Crippen LogP) is 3.02. The fourth-order valence-electron chi connectivity index (χ4n) is 2.50. The molecule has 0 aliphatic heterocycles. The minimum atomic E-state index is -3.91. The Balaban J connectivity index is 2.05. The monoisotopic (exact) mass is 349 g/mol. The molecule has 3 aromatic rings. The molecule has 0 spiro atoms. The van der Waals surface area contributed by atoms with Crippen molar-refractivity contribution in [3.05, 3.63) is 95.8 Å². The Labute approximate surface area is 146 Å². The normalized spacial score (nSPS) is 12.3. The summed E-state index contributed by atoms with van der Waals surface area (Å²) in [6.45, 7) is 0. The van der Waals surface area contributed by atoms with E-state index in [1.54, 1.807) is 36.5 Å². The zero-order valence-corrected chi connectivity index (χ0v) is 14.0. The standard InChI is InChI=1S/C19H15N3O2S/c20-14-16-10-4-5-12-18(16)25(23,24)22-19(15-8-2-1-3-9-15)17-11-6-7-13-21-17/h1-13,19,22H. The average Bonchev–Trinajstić information content (AvgIpc) is 2.67. The average molecular weight is 349 g/mol. The van der Waals surface area contributed by atoms with E-state index in [4.69, 9.17) is 0 Å². The molecule has 0 fully saturated rings. The maximum Gasteiger partial charge on any atom is 0.242 e. The van der Waals surface area contributed by atoms with Gasteiger partial charge in [0.25, 0.3) is 0 Å². The molecule has 1 N–H and O–H groups in total. The van der Waals surface area contributed by atoms with Crippen molar-refractivity contribution in [2.75, 3.05) is 0 Å². The van der Waals surface area contributed by atoms with Crippen molar-refractivity contribution in [3.8, 4) is 6.07 Å². The number of sulfonamides is 1. The van der Waals surface area contributed by atoms with Crippen LogP contribution < -0.4 is 4.72 Å². The van der Waals surface area contributed by atoms with Crippen molar-refractivity contribution < 1.29 is 8.42 Å². The van der Waals surface area contributed by atoms with Crippen LogP contribution in [0.2, 0.25) is 0 Å². The Morgan fingerprint density at radius 2 is 1.60 bits per heavy atom. The lowest BCUT2D eigenvalue weighted by molar-refractivity contribution is 0.570. The van der Waals surface area contributed by atoms with E-state index < -0.39 is 16.1 Å². The van der Waals surface area contributed by atoms with Crippen LogP contribution in [0.1, 0.15) is 22.9 Å². The zero-order valence-electron chi connectivity index (χ0n) is 13.2. The first-order chi connectivity index (χ1) is 12.1. The second kappa shape index (κ2) is 7.26. The van der Waals surface area contributed by atoms with Gasteiger partial charge in [-0.05, 0) is 29.8 Å². The van der Waals surface area contributed by atoms with Crippen LogP contribution in [-0.4, -0.2) is 13.4 Å². The predicted molar refractivity (Wildman–Crippen MR) is 94.0 cm³/mol. The van der Waals surface area contributed by atoms with Crippen molar-refractivity contribution in [3.63, 3.8) is 0 Å². The summed E-state index contributed by atoms with van der Waals surface area (Å²) in [6, 6.07) is 21.9. The number of hydrogen-bond donors (Lipinski definition) is 1. The molecule has 3 rings (SSSR count).